The lowest BCUT2D eigenvalue weighted by molar-refractivity contribution is -0.141. The number of aliphatic carboxylic acids is 1. The van der Waals surface area contributed by atoms with Gasteiger partial charge in [-0.2, -0.15) is 0 Å². The third kappa shape index (κ3) is 1.27. The first-order valence-electron chi connectivity index (χ1n) is 5.13. The molecule has 0 unspecified atom stereocenters. The van der Waals surface area contributed by atoms with Crippen molar-refractivity contribution in [3.05, 3.63) is 35.4 Å². The van der Waals surface area contributed by atoms with E-state index in [-0.39, 0.29) is 11.7 Å². The molecule has 2 aliphatic heterocycles. The fraction of sp³-hybridized carbons (Fsp3) is 0.273. The average Bonchev–Trinajstić information content (AvgIpc) is 2.79. The van der Waals surface area contributed by atoms with Crippen LogP contribution in [0.2, 0.25) is 0 Å². The molecule has 6 heteroatoms. The Labute approximate surface area is 99.5 Å². The van der Waals surface area contributed by atoms with Crippen molar-refractivity contribution in [2.24, 2.45) is 0 Å². The summed E-state index contributed by atoms with van der Waals surface area (Å²) < 4.78 is 11.9. The molecule has 0 radical (unpaired) electrons. The number of fused-ring (bicyclic) bond motifs is 3. The van der Waals surface area contributed by atoms with Crippen molar-refractivity contribution < 1.29 is 18.9 Å². The van der Waals surface area contributed by atoms with Crippen LogP contribution in [0.5, 0.6) is 0 Å². The first kappa shape index (κ1) is 10.5. The Morgan fingerprint density at radius 3 is 2.82 bits per heavy atom. The largest absolute Gasteiger partial charge is 0.480 e. The van der Waals surface area contributed by atoms with Crippen LogP contribution in [-0.2, 0) is 15.6 Å². The molecule has 1 aromatic rings. The summed E-state index contributed by atoms with van der Waals surface area (Å²) in [7, 11) is -1.34. The number of carboxylic acid groups (broad SMARTS) is 1. The summed E-state index contributed by atoms with van der Waals surface area (Å²) in [6, 6.07) is 5.89. The first-order valence-corrected chi connectivity index (χ1v) is 6.51. The highest BCUT2D eigenvalue weighted by Crippen LogP contribution is 2.42. The van der Waals surface area contributed by atoms with Crippen LogP contribution in [-0.4, -0.2) is 37.9 Å². The van der Waals surface area contributed by atoms with Crippen molar-refractivity contribution in [1.82, 2.24) is 4.90 Å². The lowest BCUT2D eigenvalue weighted by Gasteiger charge is -2.18. The number of benzene rings is 1. The van der Waals surface area contributed by atoms with Gasteiger partial charge in [0.1, 0.15) is 11.4 Å². The van der Waals surface area contributed by atoms with Gasteiger partial charge in [-0.15, -0.1) is 0 Å². The molecule has 0 spiro atoms. The minimum Gasteiger partial charge on any atom is -0.480 e. The second-order valence-electron chi connectivity index (χ2n) is 4.05. The zero-order valence-corrected chi connectivity index (χ0v) is 9.52. The molecule has 17 heavy (non-hydrogen) atoms. The SMILES string of the molecule is O=C(O)[C@H]1C[S@](=O)[C@H]2c3ccccc3C(=O)N12. The Kier molecular flexibility index (Phi) is 2.09. The average molecular weight is 251 g/mol. The van der Waals surface area contributed by atoms with Gasteiger partial charge < -0.3 is 10.0 Å². The molecule has 3 atom stereocenters. The Hall–Kier alpha value is -1.69. The molecule has 1 saturated heterocycles. The molecule has 1 fully saturated rings. The Bertz CT molecular complexity index is 556. The van der Waals surface area contributed by atoms with Gasteiger partial charge in [-0.3, -0.25) is 9.00 Å². The van der Waals surface area contributed by atoms with E-state index in [1.54, 1.807) is 24.3 Å². The molecule has 2 aliphatic rings. The van der Waals surface area contributed by atoms with Gasteiger partial charge in [0.2, 0.25) is 0 Å². The van der Waals surface area contributed by atoms with E-state index in [9.17, 15) is 13.8 Å². The summed E-state index contributed by atoms with van der Waals surface area (Å²) >= 11 is 0. The van der Waals surface area contributed by atoms with Crippen molar-refractivity contribution >= 4 is 22.7 Å². The van der Waals surface area contributed by atoms with E-state index >= 15 is 0 Å². The molecule has 0 bridgehead atoms. The molecule has 1 N–H and O–H groups in total. The van der Waals surface area contributed by atoms with E-state index in [0.29, 0.717) is 11.1 Å². The first-order chi connectivity index (χ1) is 8.11. The van der Waals surface area contributed by atoms with E-state index in [1.165, 1.54) is 4.90 Å². The lowest BCUT2D eigenvalue weighted by Crippen LogP contribution is -2.39. The van der Waals surface area contributed by atoms with Crippen LogP contribution in [0.25, 0.3) is 0 Å². The highest BCUT2D eigenvalue weighted by atomic mass is 32.2. The van der Waals surface area contributed by atoms with Gasteiger partial charge in [0.25, 0.3) is 5.91 Å². The van der Waals surface area contributed by atoms with Crippen LogP contribution in [0, 0.1) is 0 Å². The minimum atomic E-state index is -1.34. The highest BCUT2D eigenvalue weighted by molar-refractivity contribution is 7.85. The number of hydrogen-bond donors (Lipinski definition) is 1. The third-order valence-corrected chi connectivity index (χ3v) is 4.76. The molecule has 1 amide bonds. The van der Waals surface area contributed by atoms with E-state index in [4.69, 9.17) is 5.11 Å². The van der Waals surface area contributed by atoms with Gasteiger partial charge >= 0.3 is 5.97 Å². The normalized spacial score (nSPS) is 30.2. The fourth-order valence-corrected chi connectivity index (χ4v) is 4.17. The maximum Gasteiger partial charge on any atom is 0.327 e. The molecule has 0 aliphatic carbocycles. The molecular formula is C11H9NO4S. The number of hydrogen-bond acceptors (Lipinski definition) is 3. The second-order valence-corrected chi connectivity index (χ2v) is 5.59. The molecule has 88 valence electrons. The summed E-state index contributed by atoms with van der Waals surface area (Å²) in [5, 5.41) is 8.46. The van der Waals surface area contributed by atoms with E-state index < -0.39 is 28.2 Å². The zero-order valence-electron chi connectivity index (χ0n) is 8.70. The van der Waals surface area contributed by atoms with Crippen LogP contribution in [0.1, 0.15) is 21.3 Å². The Morgan fingerprint density at radius 1 is 1.41 bits per heavy atom. The van der Waals surface area contributed by atoms with Crippen molar-refractivity contribution in [2.45, 2.75) is 11.4 Å². The summed E-state index contributed by atoms with van der Waals surface area (Å²) in [4.78, 5) is 24.4. The van der Waals surface area contributed by atoms with E-state index in [2.05, 4.69) is 0 Å². The molecular weight excluding hydrogens is 242 g/mol. The third-order valence-electron chi connectivity index (χ3n) is 3.14. The fourth-order valence-electron chi connectivity index (χ4n) is 2.39. The van der Waals surface area contributed by atoms with Crippen LogP contribution >= 0.6 is 0 Å². The summed E-state index contributed by atoms with van der Waals surface area (Å²) in [5.74, 6) is -1.41. The zero-order chi connectivity index (χ0) is 12.2. The van der Waals surface area contributed by atoms with Crippen molar-refractivity contribution in [3.8, 4) is 0 Å². The van der Waals surface area contributed by atoms with Gasteiger partial charge in [-0.1, -0.05) is 18.2 Å². The minimum absolute atomic E-state index is 0.0140. The maximum atomic E-state index is 12.1. The van der Waals surface area contributed by atoms with Crippen molar-refractivity contribution in [2.75, 3.05) is 5.75 Å². The molecule has 5 nitrogen and oxygen atoms in total. The maximum absolute atomic E-state index is 12.1. The standard InChI is InChI=1S/C11H9NO4S/c13-9-6-3-1-2-4-7(6)10-12(9)8(11(14)15)5-17(10)16/h1-4,8,10H,5H2,(H,14,15)/t8-,10+,17+/m1/s1. The monoisotopic (exact) mass is 251 g/mol. The van der Waals surface area contributed by atoms with Crippen LogP contribution < -0.4 is 0 Å². The van der Waals surface area contributed by atoms with Gasteiger partial charge in [0.05, 0.1) is 16.6 Å². The number of carboxylic acids is 1. The van der Waals surface area contributed by atoms with E-state index in [0.717, 1.165) is 0 Å². The number of amides is 1. The van der Waals surface area contributed by atoms with Gasteiger partial charge in [0.15, 0.2) is 0 Å². The number of rotatable bonds is 1. The van der Waals surface area contributed by atoms with Crippen LogP contribution in [0.4, 0.5) is 0 Å². The second kappa shape index (κ2) is 3.40. The number of carbonyl (C=O) groups is 2. The molecule has 1 aromatic carbocycles. The van der Waals surface area contributed by atoms with Gasteiger partial charge in [-0.25, -0.2) is 4.79 Å². The number of nitrogens with zero attached hydrogens (tertiary/aromatic N) is 1. The van der Waals surface area contributed by atoms with Crippen molar-refractivity contribution in [1.29, 1.82) is 0 Å². The lowest BCUT2D eigenvalue weighted by atomic mass is 10.1. The molecule has 2 heterocycles. The Balaban J connectivity index is 2.15. The number of carbonyl (C=O) groups excluding carboxylic acids is 1. The predicted molar refractivity (Wildman–Crippen MR) is 59.8 cm³/mol. The quantitative estimate of drug-likeness (QED) is 0.781. The Morgan fingerprint density at radius 2 is 2.12 bits per heavy atom. The van der Waals surface area contributed by atoms with E-state index in [1.807, 2.05) is 0 Å². The van der Waals surface area contributed by atoms with Gasteiger partial charge in [0, 0.05) is 11.1 Å². The van der Waals surface area contributed by atoms with Crippen molar-refractivity contribution in [3.63, 3.8) is 0 Å². The molecule has 3 rings (SSSR count). The summed E-state index contributed by atoms with van der Waals surface area (Å²) in [6.45, 7) is 0. The highest BCUT2D eigenvalue weighted by Gasteiger charge is 2.52. The smallest absolute Gasteiger partial charge is 0.327 e. The summed E-state index contributed by atoms with van der Waals surface area (Å²) in [5.41, 5.74) is 1.15. The topological polar surface area (TPSA) is 74.7 Å². The molecule has 0 saturated carbocycles. The van der Waals surface area contributed by atoms with Gasteiger partial charge in [-0.05, 0) is 6.07 Å². The molecule has 0 aromatic heterocycles. The summed E-state index contributed by atoms with van der Waals surface area (Å²) in [6.07, 6.45) is 0. The predicted octanol–water partition coefficient (Wildman–Crippen LogP) is 0.357. The van der Waals surface area contributed by atoms with Crippen LogP contribution in [0.3, 0.4) is 0 Å². The van der Waals surface area contributed by atoms with Crippen LogP contribution in [0.15, 0.2) is 24.3 Å².